The molecule has 3 aromatic rings. The van der Waals surface area contributed by atoms with Crippen molar-refractivity contribution in [3.63, 3.8) is 0 Å². The average molecular weight is 410 g/mol. The van der Waals surface area contributed by atoms with E-state index in [1.165, 1.54) is 17.0 Å². The molecule has 2 nitrogen and oxygen atoms in total. The lowest BCUT2D eigenvalue weighted by molar-refractivity contribution is 0.279. The number of thioether (sulfide) groups is 1. The van der Waals surface area contributed by atoms with Crippen molar-refractivity contribution in [1.29, 1.82) is 0 Å². The van der Waals surface area contributed by atoms with Gasteiger partial charge < -0.3 is 5.11 Å². The summed E-state index contributed by atoms with van der Waals surface area (Å²) in [7, 11) is 0. The van der Waals surface area contributed by atoms with E-state index in [2.05, 4.69) is 39.8 Å². The molecule has 1 N–H and O–H groups in total. The Kier molecular flexibility index (Phi) is 7.09. The van der Waals surface area contributed by atoms with E-state index >= 15 is 0 Å². The third-order valence-corrected chi connectivity index (χ3v) is 6.01. The largest absolute Gasteiger partial charge is 0.392 e. The molecule has 0 aliphatic carbocycles. The Morgan fingerprint density at radius 1 is 0.862 bits per heavy atom. The number of pyridine rings is 1. The van der Waals surface area contributed by atoms with Crippen LogP contribution in [0.4, 0.5) is 4.39 Å². The minimum Gasteiger partial charge on any atom is -0.392 e. The van der Waals surface area contributed by atoms with Gasteiger partial charge in [-0.1, -0.05) is 58.0 Å². The van der Waals surface area contributed by atoms with Crippen molar-refractivity contribution in [3.8, 4) is 11.1 Å². The molecule has 0 saturated heterocycles. The molecule has 0 atom stereocenters. The summed E-state index contributed by atoms with van der Waals surface area (Å²) in [4.78, 5) is 6.20. The number of hydrogen-bond acceptors (Lipinski definition) is 3. The highest BCUT2D eigenvalue weighted by atomic mass is 32.2. The first-order chi connectivity index (χ1) is 13.9. The molecule has 152 valence electrons. The van der Waals surface area contributed by atoms with Crippen LogP contribution in [0.3, 0.4) is 0 Å². The second-order valence-electron chi connectivity index (χ2n) is 7.79. The molecule has 0 saturated carbocycles. The monoisotopic (exact) mass is 409 g/mol. The molecule has 1 heterocycles. The van der Waals surface area contributed by atoms with Crippen LogP contribution in [-0.2, 0) is 12.4 Å². The zero-order valence-electron chi connectivity index (χ0n) is 17.4. The zero-order chi connectivity index (χ0) is 21.0. The molecule has 4 heteroatoms. The maximum Gasteiger partial charge on any atom is 0.123 e. The summed E-state index contributed by atoms with van der Waals surface area (Å²) in [5.74, 6) is 0.903. The van der Waals surface area contributed by atoms with Crippen LogP contribution in [0.15, 0.2) is 59.5 Å². The van der Waals surface area contributed by atoms with E-state index < -0.39 is 0 Å². The van der Waals surface area contributed by atoms with Gasteiger partial charge in [-0.2, -0.15) is 0 Å². The van der Waals surface area contributed by atoms with Crippen LogP contribution >= 0.6 is 11.8 Å². The summed E-state index contributed by atoms with van der Waals surface area (Å²) in [5, 5.41) is 10.3. The standard InChI is InChI=1S/C25H28FNOS/c1-16(2)24-21(14-28)23(18-10-12-19(26)13-11-18)22(25(27-24)17(3)4)15-29-20-8-6-5-7-9-20/h5-13,16-17,28H,14-15H2,1-4H3. The van der Waals surface area contributed by atoms with Gasteiger partial charge in [0.1, 0.15) is 5.82 Å². The predicted molar refractivity (Wildman–Crippen MR) is 120 cm³/mol. The number of aliphatic hydroxyl groups is 1. The van der Waals surface area contributed by atoms with Crippen LogP contribution in [0.5, 0.6) is 0 Å². The minimum absolute atomic E-state index is 0.0887. The molecule has 0 fully saturated rings. The van der Waals surface area contributed by atoms with Crippen LogP contribution in [0.1, 0.15) is 62.0 Å². The highest BCUT2D eigenvalue weighted by Crippen LogP contribution is 2.39. The molecular formula is C25H28FNOS. The van der Waals surface area contributed by atoms with Crippen molar-refractivity contribution in [3.05, 3.63) is 82.9 Å². The fourth-order valence-corrected chi connectivity index (χ4v) is 4.55. The third-order valence-electron chi connectivity index (χ3n) is 4.97. The van der Waals surface area contributed by atoms with Crippen molar-refractivity contribution in [1.82, 2.24) is 4.98 Å². The lowest BCUT2D eigenvalue weighted by atomic mass is 9.88. The molecule has 2 aromatic carbocycles. The van der Waals surface area contributed by atoms with E-state index in [4.69, 9.17) is 4.98 Å². The minimum atomic E-state index is -0.262. The lowest BCUT2D eigenvalue weighted by Crippen LogP contribution is -2.12. The van der Waals surface area contributed by atoms with Crippen molar-refractivity contribution in [2.45, 2.75) is 56.8 Å². The Bertz CT molecular complexity index is 953. The summed E-state index contributed by atoms with van der Waals surface area (Å²) >= 11 is 1.75. The van der Waals surface area contributed by atoms with Crippen LogP contribution < -0.4 is 0 Å². The van der Waals surface area contributed by atoms with Gasteiger partial charge in [0.25, 0.3) is 0 Å². The van der Waals surface area contributed by atoms with Gasteiger partial charge in [0, 0.05) is 27.6 Å². The van der Waals surface area contributed by atoms with Crippen molar-refractivity contribution in [2.24, 2.45) is 0 Å². The lowest BCUT2D eigenvalue weighted by Gasteiger charge is -2.24. The Hall–Kier alpha value is -2.17. The van der Waals surface area contributed by atoms with Gasteiger partial charge in [0.15, 0.2) is 0 Å². The van der Waals surface area contributed by atoms with Crippen LogP contribution in [0.25, 0.3) is 11.1 Å². The predicted octanol–water partition coefficient (Wildman–Crippen LogP) is 6.92. The Morgan fingerprint density at radius 3 is 2.00 bits per heavy atom. The van der Waals surface area contributed by atoms with Gasteiger partial charge in [0.2, 0.25) is 0 Å². The SMILES string of the molecule is CC(C)c1nc(C(C)C)c(CSc2ccccc2)c(-c2ccc(F)cc2)c1CO. The quantitative estimate of drug-likeness (QED) is 0.430. The van der Waals surface area contributed by atoms with Gasteiger partial charge in [-0.15, -0.1) is 11.8 Å². The highest BCUT2D eigenvalue weighted by molar-refractivity contribution is 7.98. The molecule has 3 rings (SSSR count). The Labute approximate surface area is 177 Å². The summed E-state index contributed by atoms with van der Waals surface area (Å²) in [6.45, 7) is 8.40. The van der Waals surface area contributed by atoms with Crippen molar-refractivity contribution >= 4 is 11.8 Å². The molecule has 0 radical (unpaired) electrons. The van der Waals surface area contributed by atoms with E-state index in [1.807, 2.05) is 18.2 Å². The maximum atomic E-state index is 13.6. The third kappa shape index (κ3) is 4.88. The molecule has 0 aliphatic rings. The molecule has 0 bridgehead atoms. The van der Waals surface area contributed by atoms with E-state index in [0.717, 1.165) is 39.4 Å². The second-order valence-corrected chi connectivity index (χ2v) is 8.84. The number of benzene rings is 2. The molecule has 0 aliphatic heterocycles. The van der Waals surface area contributed by atoms with Crippen LogP contribution in [-0.4, -0.2) is 10.1 Å². The maximum absolute atomic E-state index is 13.6. The number of nitrogens with zero attached hydrogens (tertiary/aromatic N) is 1. The first-order valence-corrected chi connectivity index (χ1v) is 11.0. The molecule has 29 heavy (non-hydrogen) atoms. The van der Waals surface area contributed by atoms with Crippen LogP contribution in [0, 0.1) is 5.82 Å². The number of aliphatic hydroxyl groups excluding tert-OH is 1. The summed E-state index contributed by atoms with van der Waals surface area (Å²) in [5.41, 5.74) is 5.86. The van der Waals surface area contributed by atoms with Gasteiger partial charge in [0.05, 0.1) is 6.61 Å². The van der Waals surface area contributed by atoms with Gasteiger partial charge >= 0.3 is 0 Å². The second kappa shape index (κ2) is 9.55. The molecule has 0 amide bonds. The topological polar surface area (TPSA) is 33.1 Å². The molecular weight excluding hydrogens is 381 g/mol. The number of aromatic nitrogens is 1. The van der Waals surface area contributed by atoms with E-state index in [-0.39, 0.29) is 24.3 Å². The smallest absolute Gasteiger partial charge is 0.123 e. The van der Waals surface area contributed by atoms with E-state index in [0.29, 0.717) is 0 Å². The number of hydrogen-bond donors (Lipinski definition) is 1. The Balaban J connectivity index is 2.22. The summed E-state index contributed by atoms with van der Waals surface area (Å²) < 4.78 is 13.6. The van der Waals surface area contributed by atoms with E-state index in [9.17, 15) is 9.50 Å². The average Bonchev–Trinajstić information content (AvgIpc) is 2.72. The first kappa shape index (κ1) is 21.5. The van der Waals surface area contributed by atoms with Gasteiger partial charge in [-0.05, 0) is 52.8 Å². The van der Waals surface area contributed by atoms with Crippen molar-refractivity contribution in [2.75, 3.05) is 0 Å². The summed E-state index contributed by atoms with van der Waals surface area (Å²) in [6, 6.07) is 16.8. The number of rotatable bonds is 7. The van der Waals surface area contributed by atoms with Crippen LogP contribution in [0.2, 0.25) is 0 Å². The summed E-state index contributed by atoms with van der Waals surface area (Å²) in [6.07, 6.45) is 0. The normalized spacial score (nSPS) is 11.4. The molecule has 0 spiro atoms. The van der Waals surface area contributed by atoms with Gasteiger partial charge in [-0.25, -0.2) is 4.39 Å². The highest BCUT2D eigenvalue weighted by Gasteiger charge is 2.23. The van der Waals surface area contributed by atoms with E-state index in [1.54, 1.807) is 23.9 Å². The van der Waals surface area contributed by atoms with Gasteiger partial charge in [-0.3, -0.25) is 4.98 Å². The number of halogens is 1. The molecule has 1 aromatic heterocycles. The fraction of sp³-hybridized carbons (Fsp3) is 0.320. The fourth-order valence-electron chi connectivity index (χ4n) is 3.60. The van der Waals surface area contributed by atoms with Crippen molar-refractivity contribution < 1.29 is 9.50 Å². The Morgan fingerprint density at radius 2 is 1.45 bits per heavy atom. The zero-order valence-corrected chi connectivity index (χ0v) is 18.3. The molecule has 0 unspecified atom stereocenters. The first-order valence-electron chi connectivity index (χ1n) is 10.0.